The zero-order valence-electron chi connectivity index (χ0n) is 2.34. The minimum Gasteiger partial charge on any atom is -0.0973 e. The number of hydrogen-bond acceptors (Lipinski definition) is 1. The average molecular weight is 57.1 g/mol. The van der Waals surface area contributed by atoms with E-state index < -0.39 is 0 Å². The molecular weight excluding hydrogens is 54.0 g/mol. The maximum atomic E-state index is 7.33. The van der Waals surface area contributed by atoms with E-state index >= 15 is 0 Å². The topological polar surface area (TPSA) is 48.8 Å². The molecule has 0 amide bonds. The summed E-state index contributed by atoms with van der Waals surface area (Å²) in [7, 11) is 1.39. The first-order valence-electron chi connectivity index (χ1n) is 0.847. The van der Waals surface area contributed by atoms with Crippen LogP contribution < -0.4 is 0 Å². The van der Waals surface area contributed by atoms with Crippen LogP contribution in [0.5, 0.6) is 0 Å². The fraction of sp³-hybridized carbons (Fsp3) is 1.00. The van der Waals surface area contributed by atoms with Crippen LogP contribution in [0.4, 0.5) is 0 Å². The molecule has 0 N–H and O–H groups in total. The van der Waals surface area contributed by atoms with Crippen LogP contribution in [0.3, 0.4) is 0 Å². The molecular formula is CH3N3. The number of azide groups is 1. The summed E-state index contributed by atoms with van der Waals surface area (Å²) < 4.78 is 0. The van der Waals surface area contributed by atoms with Gasteiger partial charge in [-0.1, -0.05) is 5.11 Å². The van der Waals surface area contributed by atoms with Crippen molar-refractivity contribution in [3.05, 3.63) is 10.4 Å². The highest BCUT2D eigenvalue weighted by Crippen LogP contribution is 1.46. The van der Waals surface area contributed by atoms with Crippen LogP contribution in [-0.4, -0.2) is 7.05 Å². The SMILES string of the molecule is CN=[N+]=[N-]. The average Bonchev–Trinajstić information content (AvgIpc) is 1.37. The first-order valence-corrected chi connectivity index (χ1v) is 0.847. The predicted octanol–water partition coefficient (Wildman–Crippen LogP) is 0.927. The molecule has 0 heterocycles. The van der Waals surface area contributed by atoms with Crippen LogP contribution >= 0.6 is 0 Å². The van der Waals surface area contributed by atoms with Gasteiger partial charge in [0.2, 0.25) is 0 Å². The van der Waals surface area contributed by atoms with Crippen molar-refractivity contribution in [3.8, 4) is 0 Å². The fourth-order valence-corrected chi connectivity index (χ4v) is 0. The lowest BCUT2D eigenvalue weighted by Crippen LogP contribution is -1.22. The van der Waals surface area contributed by atoms with Gasteiger partial charge in [0.25, 0.3) is 0 Å². The number of rotatable bonds is 0. The van der Waals surface area contributed by atoms with Gasteiger partial charge in [-0.05, 0) is 5.53 Å². The summed E-state index contributed by atoms with van der Waals surface area (Å²) in [5.74, 6) is 0. The maximum Gasteiger partial charge on any atom is 0.0139 e. The zero-order valence-corrected chi connectivity index (χ0v) is 2.34. The van der Waals surface area contributed by atoms with Crippen LogP contribution in [0.1, 0.15) is 0 Å². The van der Waals surface area contributed by atoms with E-state index in [4.69, 9.17) is 5.53 Å². The van der Waals surface area contributed by atoms with Gasteiger partial charge in [0, 0.05) is 12.0 Å². The highest BCUT2D eigenvalue weighted by molar-refractivity contribution is 4.30. The van der Waals surface area contributed by atoms with Crippen LogP contribution in [-0.2, 0) is 0 Å². The van der Waals surface area contributed by atoms with E-state index in [0.717, 1.165) is 0 Å². The standard InChI is InChI=1S/CH3N3/c1-3-4-2/h1H3. The van der Waals surface area contributed by atoms with E-state index in [2.05, 4.69) is 10.0 Å². The molecule has 0 spiro atoms. The quantitative estimate of drug-likeness (QED) is 0.225. The zero-order chi connectivity index (χ0) is 3.41. The van der Waals surface area contributed by atoms with Gasteiger partial charge >= 0.3 is 0 Å². The Morgan fingerprint density at radius 2 is 2.25 bits per heavy atom. The summed E-state index contributed by atoms with van der Waals surface area (Å²) >= 11 is 0. The summed E-state index contributed by atoms with van der Waals surface area (Å²) in [6, 6.07) is 0. The van der Waals surface area contributed by atoms with Crippen LogP contribution in [0.25, 0.3) is 10.4 Å². The molecule has 0 aromatic carbocycles. The number of hydrogen-bond donors (Lipinski definition) is 0. The van der Waals surface area contributed by atoms with Gasteiger partial charge in [-0.15, -0.1) is 0 Å². The normalized spacial score (nSPS) is 4.25. The summed E-state index contributed by atoms with van der Waals surface area (Å²) in [5, 5.41) is 2.92. The molecule has 0 bridgehead atoms. The van der Waals surface area contributed by atoms with Crippen LogP contribution in [0.2, 0.25) is 0 Å². The molecule has 0 aliphatic carbocycles. The van der Waals surface area contributed by atoms with Crippen LogP contribution in [0, 0.1) is 0 Å². The molecule has 0 rings (SSSR count). The second-order valence-electron chi connectivity index (χ2n) is 0.289. The highest BCUT2D eigenvalue weighted by Gasteiger charge is 1.27. The second kappa shape index (κ2) is 2.31. The Hall–Kier alpha value is -0.690. The van der Waals surface area contributed by atoms with Crippen molar-refractivity contribution in [1.82, 2.24) is 0 Å². The Balaban J connectivity index is 3.11. The molecule has 0 aromatic heterocycles. The molecule has 0 radical (unpaired) electrons. The molecule has 3 nitrogen and oxygen atoms in total. The van der Waals surface area contributed by atoms with Gasteiger partial charge < -0.3 is 0 Å². The highest BCUT2D eigenvalue weighted by atomic mass is 15.1. The third kappa shape index (κ3) is 1.31. The van der Waals surface area contributed by atoms with E-state index in [1.165, 1.54) is 7.05 Å². The van der Waals surface area contributed by atoms with Crippen molar-refractivity contribution in [3.63, 3.8) is 0 Å². The molecule has 0 saturated heterocycles. The monoisotopic (exact) mass is 57.0 g/mol. The second-order valence-corrected chi connectivity index (χ2v) is 0.289. The van der Waals surface area contributed by atoms with Gasteiger partial charge in [-0.2, -0.15) is 0 Å². The largest absolute Gasteiger partial charge is 0.0973 e. The molecule has 0 aromatic rings. The Kier molecular flexibility index (Phi) is 1.91. The third-order valence-electron chi connectivity index (χ3n) is 0.0894. The van der Waals surface area contributed by atoms with Crippen LogP contribution in [0.15, 0.2) is 5.11 Å². The van der Waals surface area contributed by atoms with Crippen molar-refractivity contribution in [2.45, 2.75) is 0 Å². The first-order chi connectivity index (χ1) is 1.91. The Bertz CT molecular complexity index is 41.2. The molecule has 3 heteroatoms. The Morgan fingerprint density at radius 1 is 2.00 bits per heavy atom. The molecule has 4 heavy (non-hydrogen) atoms. The van der Waals surface area contributed by atoms with E-state index in [1.807, 2.05) is 0 Å². The molecule has 0 fully saturated rings. The summed E-state index contributed by atoms with van der Waals surface area (Å²) in [6.45, 7) is 0. The summed E-state index contributed by atoms with van der Waals surface area (Å²) in [5.41, 5.74) is 7.33. The molecule has 0 saturated carbocycles. The van der Waals surface area contributed by atoms with E-state index in [0.29, 0.717) is 0 Å². The van der Waals surface area contributed by atoms with Crippen molar-refractivity contribution in [1.29, 1.82) is 0 Å². The predicted molar refractivity (Wildman–Crippen MR) is 15.1 cm³/mol. The van der Waals surface area contributed by atoms with E-state index in [-0.39, 0.29) is 0 Å². The molecule has 0 atom stereocenters. The van der Waals surface area contributed by atoms with Crippen molar-refractivity contribution >= 4 is 0 Å². The van der Waals surface area contributed by atoms with Gasteiger partial charge in [0.1, 0.15) is 0 Å². The molecule has 0 aliphatic rings. The van der Waals surface area contributed by atoms with Gasteiger partial charge in [0.15, 0.2) is 0 Å². The molecule has 0 aliphatic heterocycles. The van der Waals surface area contributed by atoms with E-state index in [1.54, 1.807) is 0 Å². The number of nitrogens with zero attached hydrogens (tertiary/aromatic N) is 3. The first kappa shape index (κ1) is 3.31. The minimum atomic E-state index is 1.39. The lowest BCUT2D eigenvalue weighted by molar-refractivity contribution is 1.40. The minimum absolute atomic E-state index is 1.39. The van der Waals surface area contributed by atoms with Gasteiger partial charge in [-0.3, -0.25) is 0 Å². The fourth-order valence-electron chi connectivity index (χ4n) is 0. The van der Waals surface area contributed by atoms with Gasteiger partial charge in [0.05, 0.1) is 0 Å². The summed E-state index contributed by atoms with van der Waals surface area (Å²) in [4.78, 5) is 2.36. The Labute approximate surface area is 23.9 Å². The van der Waals surface area contributed by atoms with Crippen molar-refractivity contribution in [2.75, 3.05) is 7.05 Å². The maximum absolute atomic E-state index is 7.33. The van der Waals surface area contributed by atoms with Crippen molar-refractivity contribution < 1.29 is 0 Å². The lowest BCUT2D eigenvalue weighted by Gasteiger charge is -1.35. The van der Waals surface area contributed by atoms with E-state index in [9.17, 15) is 0 Å². The van der Waals surface area contributed by atoms with Gasteiger partial charge in [-0.25, -0.2) is 0 Å². The Morgan fingerprint density at radius 3 is 2.25 bits per heavy atom. The smallest absolute Gasteiger partial charge is 0.0139 e. The third-order valence-corrected chi connectivity index (χ3v) is 0.0894. The van der Waals surface area contributed by atoms with Crippen molar-refractivity contribution in [2.24, 2.45) is 5.11 Å². The molecule has 22 valence electrons. The molecule has 0 unspecified atom stereocenters. The lowest BCUT2D eigenvalue weighted by atomic mass is 11.6. The summed E-state index contributed by atoms with van der Waals surface area (Å²) in [6.07, 6.45) is 0.